The fourth-order valence-electron chi connectivity index (χ4n) is 6.32. The maximum atomic E-state index is 14.5. The van der Waals surface area contributed by atoms with Crippen LogP contribution >= 0.6 is 0 Å². The molecule has 1 amide bonds. The topological polar surface area (TPSA) is 67.2 Å². The predicted octanol–water partition coefficient (Wildman–Crippen LogP) is 6.77. The number of amides is 1. The number of phenols is 1. The molecule has 1 unspecified atom stereocenters. The zero-order valence-corrected chi connectivity index (χ0v) is 21.6. The number of nitrogens with one attached hydrogen (secondary N) is 1. The van der Waals surface area contributed by atoms with Crippen LogP contribution in [-0.4, -0.2) is 20.8 Å². The van der Waals surface area contributed by atoms with Crippen LogP contribution in [0.4, 0.5) is 8.78 Å². The second kappa shape index (κ2) is 9.80. The lowest BCUT2D eigenvalue weighted by molar-refractivity contribution is 0.0916. The number of fused-ring (bicyclic) bond motifs is 2. The molecule has 0 saturated heterocycles. The van der Waals surface area contributed by atoms with E-state index in [1.807, 2.05) is 41.2 Å². The van der Waals surface area contributed by atoms with Crippen molar-refractivity contribution in [3.63, 3.8) is 0 Å². The molecule has 0 radical (unpaired) electrons. The first-order chi connectivity index (χ1) is 18.8. The van der Waals surface area contributed by atoms with E-state index in [1.165, 1.54) is 35.9 Å². The van der Waals surface area contributed by atoms with Crippen LogP contribution in [0.2, 0.25) is 0 Å². The van der Waals surface area contributed by atoms with E-state index in [4.69, 9.17) is 0 Å². The summed E-state index contributed by atoms with van der Waals surface area (Å²) in [4.78, 5) is 13.2. The number of phenolic OH excluding ortho intramolecular Hbond substituents is 1. The van der Waals surface area contributed by atoms with Crippen LogP contribution in [0.3, 0.4) is 0 Å². The molecular weight excluding hydrogens is 496 g/mol. The highest BCUT2D eigenvalue weighted by Gasteiger charge is 2.46. The third-order valence-electron chi connectivity index (χ3n) is 8.47. The van der Waals surface area contributed by atoms with Gasteiger partial charge in [0.15, 0.2) is 0 Å². The van der Waals surface area contributed by atoms with Crippen LogP contribution in [0.5, 0.6) is 5.75 Å². The van der Waals surface area contributed by atoms with Gasteiger partial charge in [0.1, 0.15) is 22.9 Å². The first-order valence-electron chi connectivity index (χ1n) is 13.2. The zero-order valence-electron chi connectivity index (χ0n) is 21.6. The summed E-state index contributed by atoms with van der Waals surface area (Å²) in [6, 6.07) is 19.5. The van der Waals surface area contributed by atoms with Crippen molar-refractivity contribution in [1.82, 2.24) is 15.1 Å². The van der Waals surface area contributed by atoms with Crippen LogP contribution in [0.25, 0.3) is 11.8 Å². The summed E-state index contributed by atoms with van der Waals surface area (Å²) >= 11 is 0. The Kier molecular flexibility index (Phi) is 6.29. The summed E-state index contributed by atoms with van der Waals surface area (Å²) in [6.07, 6.45) is 7.48. The van der Waals surface area contributed by atoms with Crippen molar-refractivity contribution in [2.45, 2.75) is 38.6 Å². The van der Waals surface area contributed by atoms with Gasteiger partial charge >= 0.3 is 0 Å². The SMILES string of the molecule is C[C@]12Cc3cnn(-c4ccc(F)cc4)c3C=C1CC[C@@H]2CC(NC(=O)c1c(O)cccc1F)c1ccccc1. The Morgan fingerprint density at radius 3 is 2.62 bits per heavy atom. The zero-order chi connectivity index (χ0) is 27.1. The summed E-state index contributed by atoms with van der Waals surface area (Å²) < 4.78 is 29.8. The van der Waals surface area contributed by atoms with Crippen LogP contribution in [0, 0.1) is 23.0 Å². The largest absolute Gasteiger partial charge is 0.507 e. The van der Waals surface area contributed by atoms with Gasteiger partial charge in [-0.15, -0.1) is 0 Å². The molecule has 7 heteroatoms. The number of hydrogen-bond acceptors (Lipinski definition) is 3. The Labute approximate surface area is 225 Å². The Morgan fingerprint density at radius 1 is 1.10 bits per heavy atom. The maximum absolute atomic E-state index is 14.5. The third-order valence-corrected chi connectivity index (χ3v) is 8.47. The molecule has 0 aliphatic heterocycles. The number of aromatic hydroxyl groups is 1. The standard InChI is InChI=1S/C32H29F2N3O2/c1-32-18-21-19-35-37(25-14-12-24(33)13-15-25)28(21)17-23(32)11-10-22(32)16-27(20-6-3-2-4-7-20)36-31(39)30-26(34)8-5-9-29(30)38/h2-9,12-15,17,19,22,27,38H,10-11,16,18H2,1H3,(H,36,39)/t22-,27?,32-/m1/s1. The van der Waals surface area contributed by atoms with Crippen molar-refractivity contribution in [3.8, 4) is 11.4 Å². The molecule has 0 spiro atoms. The van der Waals surface area contributed by atoms with Gasteiger partial charge in [0.25, 0.3) is 5.91 Å². The molecule has 1 heterocycles. The van der Waals surface area contributed by atoms with Gasteiger partial charge in [0, 0.05) is 0 Å². The monoisotopic (exact) mass is 525 g/mol. The number of carbonyl (C=O) groups is 1. The second-order valence-electron chi connectivity index (χ2n) is 10.7. The molecule has 5 nitrogen and oxygen atoms in total. The fraction of sp³-hybridized carbons (Fsp3) is 0.250. The number of rotatable bonds is 6. The molecule has 1 saturated carbocycles. The predicted molar refractivity (Wildman–Crippen MR) is 145 cm³/mol. The number of halogens is 2. The van der Waals surface area contributed by atoms with Crippen molar-refractivity contribution in [2.75, 3.05) is 0 Å². The molecule has 3 atom stereocenters. The minimum Gasteiger partial charge on any atom is -0.507 e. The number of carbonyl (C=O) groups excluding carboxylic acids is 1. The van der Waals surface area contributed by atoms with Gasteiger partial charge in [0.2, 0.25) is 0 Å². The first kappa shape index (κ1) is 25.0. The van der Waals surface area contributed by atoms with Crippen LogP contribution < -0.4 is 5.32 Å². The Balaban J connectivity index is 1.29. The third kappa shape index (κ3) is 4.52. The van der Waals surface area contributed by atoms with E-state index in [-0.39, 0.29) is 34.5 Å². The van der Waals surface area contributed by atoms with E-state index < -0.39 is 11.7 Å². The van der Waals surface area contributed by atoms with Crippen molar-refractivity contribution < 1.29 is 18.7 Å². The Hall–Kier alpha value is -4.26. The summed E-state index contributed by atoms with van der Waals surface area (Å²) in [7, 11) is 0. The Morgan fingerprint density at radius 2 is 1.87 bits per heavy atom. The minimum atomic E-state index is -0.754. The smallest absolute Gasteiger partial charge is 0.258 e. The summed E-state index contributed by atoms with van der Waals surface area (Å²) in [5, 5.41) is 17.8. The van der Waals surface area contributed by atoms with Gasteiger partial charge in [-0.05, 0) is 90.6 Å². The maximum Gasteiger partial charge on any atom is 0.258 e. The highest BCUT2D eigenvalue weighted by atomic mass is 19.1. The van der Waals surface area contributed by atoms with E-state index in [9.17, 15) is 18.7 Å². The molecule has 2 aliphatic carbocycles. The van der Waals surface area contributed by atoms with Gasteiger partial charge in [-0.3, -0.25) is 4.79 Å². The summed E-state index contributed by atoms with van der Waals surface area (Å²) in [5.41, 5.74) is 4.79. The average molecular weight is 526 g/mol. The number of aromatic nitrogens is 2. The van der Waals surface area contributed by atoms with Gasteiger partial charge in [-0.1, -0.05) is 48.9 Å². The number of hydrogen-bond donors (Lipinski definition) is 2. The van der Waals surface area contributed by atoms with Crippen LogP contribution in [-0.2, 0) is 6.42 Å². The molecule has 2 N–H and O–H groups in total. The molecule has 39 heavy (non-hydrogen) atoms. The number of allylic oxidation sites excluding steroid dienone is 1. The molecule has 1 aromatic heterocycles. The quantitative estimate of drug-likeness (QED) is 0.292. The van der Waals surface area contributed by atoms with Gasteiger partial charge in [-0.2, -0.15) is 5.10 Å². The summed E-state index contributed by atoms with van der Waals surface area (Å²) in [5.74, 6) is -1.80. The molecule has 3 aromatic carbocycles. The van der Waals surface area contributed by atoms with Crippen molar-refractivity contribution in [2.24, 2.45) is 11.3 Å². The van der Waals surface area contributed by atoms with Crippen molar-refractivity contribution in [3.05, 3.63) is 119 Å². The second-order valence-corrected chi connectivity index (χ2v) is 10.7. The normalized spacial score (nSPS) is 20.6. The lowest BCUT2D eigenvalue weighted by Crippen LogP contribution is -2.35. The molecule has 1 fully saturated rings. The Bertz CT molecular complexity index is 1540. The lowest BCUT2D eigenvalue weighted by Gasteiger charge is -2.37. The molecular formula is C32H29F2N3O2. The lowest BCUT2D eigenvalue weighted by atomic mass is 9.68. The minimum absolute atomic E-state index is 0.123. The molecule has 2 aliphatic rings. The number of benzene rings is 3. The molecule has 0 bridgehead atoms. The molecule has 6 rings (SSSR count). The molecule has 4 aromatic rings. The highest BCUT2D eigenvalue weighted by molar-refractivity contribution is 5.97. The van der Waals surface area contributed by atoms with E-state index >= 15 is 0 Å². The first-order valence-corrected chi connectivity index (χ1v) is 13.2. The van der Waals surface area contributed by atoms with Crippen molar-refractivity contribution in [1.29, 1.82) is 0 Å². The van der Waals surface area contributed by atoms with E-state index in [2.05, 4.69) is 23.4 Å². The number of nitrogens with zero attached hydrogens (tertiary/aromatic N) is 2. The van der Waals surface area contributed by atoms with Crippen molar-refractivity contribution >= 4 is 12.0 Å². The van der Waals surface area contributed by atoms with E-state index in [0.717, 1.165) is 41.8 Å². The van der Waals surface area contributed by atoms with Gasteiger partial charge < -0.3 is 10.4 Å². The average Bonchev–Trinajstić information content (AvgIpc) is 3.47. The summed E-state index contributed by atoms with van der Waals surface area (Å²) in [6.45, 7) is 2.28. The van der Waals surface area contributed by atoms with E-state index in [0.29, 0.717) is 6.42 Å². The van der Waals surface area contributed by atoms with Gasteiger partial charge in [0.05, 0.1) is 23.6 Å². The van der Waals surface area contributed by atoms with E-state index in [1.54, 1.807) is 12.1 Å². The molecule has 198 valence electrons. The van der Waals surface area contributed by atoms with Crippen LogP contribution in [0.15, 0.2) is 84.6 Å². The fourth-order valence-corrected chi connectivity index (χ4v) is 6.32. The highest BCUT2D eigenvalue weighted by Crippen LogP contribution is 2.55. The van der Waals surface area contributed by atoms with Crippen LogP contribution in [0.1, 0.15) is 59.4 Å². The van der Waals surface area contributed by atoms with Gasteiger partial charge in [-0.25, -0.2) is 13.5 Å².